The first-order valence-electron chi connectivity index (χ1n) is 26.0. The van der Waals surface area contributed by atoms with Gasteiger partial charge in [-0.15, -0.1) is 0 Å². The van der Waals surface area contributed by atoms with Crippen molar-refractivity contribution < 1.29 is 0 Å². The summed E-state index contributed by atoms with van der Waals surface area (Å²) in [4.78, 5) is 0. The Kier molecular flexibility index (Phi) is 10.3. The molecular formula is C73H52Si. The van der Waals surface area contributed by atoms with Crippen molar-refractivity contribution in [2.24, 2.45) is 0 Å². The molecule has 14 rings (SSSR count). The van der Waals surface area contributed by atoms with Crippen LogP contribution in [0.5, 0.6) is 0 Å². The maximum Gasteiger partial charge on any atom is 0.0775 e. The third-order valence-corrected chi connectivity index (χ3v) is 17.9. The van der Waals surface area contributed by atoms with Gasteiger partial charge in [-0.2, -0.15) is 0 Å². The Morgan fingerprint density at radius 2 is 0.446 bits per heavy atom. The van der Waals surface area contributed by atoms with Crippen LogP contribution in [0.15, 0.2) is 261 Å². The zero-order chi connectivity index (χ0) is 49.5. The van der Waals surface area contributed by atoms with Crippen molar-refractivity contribution in [3.8, 4) is 77.9 Å². The van der Waals surface area contributed by atoms with E-state index in [9.17, 15) is 0 Å². The lowest BCUT2D eigenvalue weighted by Gasteiger charge is -2.22. The average molecular weight is 957 g/mol. The summed E-state index contributed by atoms with van der Waals surface area (Å²) in [7, 11) is -1.53. The molecule has 0 saturated carbocycles. The standard InChI is InChI=1S/C73H52Si/c1-74(2,3)57-39-37-56(38-40-57)71-46-70(55-35-29-52(30-36-55)63-24-12-18-49-15-6-9-21-60(49)63)66-42-41-64-68(53-31-25-50(26-32-53)61-22-10-16-47-13-4-7-19-58(47)61)45-69(65-43-44-67(71)73(66)72(64)65)54-33-27-51(28-34-54)62-23-11-17-48-14-5-8-20-59(48)62/h4-46H,1-3H3. The highest BCUT2D eigenvalue weighted by Gasteiger charge is 2.23. The highest BCUT2D eigenvalue weighted by Crippen LogP contribution is 2.49. The number of hydrogen-bond acceptors (Lipinski definition) is 0. The first-order chi connectivity index (χ1) is 36.3. The van der Waals surface area contributed by atoms with E-state index in [1.807, 2.05) is 0 Å². The number of hydrogen-bond donors (Lipinski definition) is 0. The molecule has 0 aliphatic rings. The Hall–Kier alpha value is -8.88. The third-order valence-electron chi connectivity index (χ3n) is 15.9. The summed E-state index contributed by atoms with van der Waals surface area (Å²) in [6.07, 6.45) is 0. The molecule has 0 spiro atoms. The summed E-state index contributed by atoms with van der Waals surface area (Å²) in [6, 6.07) is 98.0. The van der Waals surface area contributed by atoms with Gasteiger partial charge in [0.05, 0.1) is 8.07 Å². The van der Waals surface area contributed by atoms with Crippen molar-refractivity contribution in [3.63, 3.8) is 0 Å². The lowest BCUT2D eigenvalue weighted by atomic mass is 9.81. The number of rotatable bonds is 8. The van der Waals surface area contributed by atoms with Crippen molar-refractivity contribution >= 4 is 77.9 Å². The van der Waals surface area contributed by atoms with E-state index in [1.54, 1.807) is 0 Å². The zero-order valence-corrected chi connectivity index (χ0v) is 42.8. The lowest BCUT2D eigenvalue weighted by molar-refractivity contribution is 1.60. The van der Waals surface area contributed by atoms with Crippen LogP contribution in [-0.2, 0) is 0 Å². The summed E-state index contributed by atoms with van der Waals surface area (Å²) in [5.41, 5.74) is 17.2. The molecule has 1 heteroatoms. The summed E-state index contributed by atoms with van der Waals surface area (Å²) in [6.45, 7) is 7.30. The van der Waals surface area contributed by atoms with Crippen LogP contribution in [0, 0.1) is 0 Å². The average Bonchev–Trinajstić information content (AvgIpc) is 3.48. The van der Waals surface area contributed by atoms with Gasteiger partial charge in [-0.05, 0) is 155 Å². The fourth-order valence-corrected chi connectivity index (χ4v) is 13.2. The largest absolute Gasteiger partial charge is 0.0775 e. The van der Waals surface area contributed by atoms with Gasteiger partial charge in [0.25, 0.3) is 0 Å². The monoisotopic (exact) mass is 956 g/mol. The fourth-order valence-electron chi connectivity index (χ4n) is 12.0. The molecule has 0 saturated heterocycles. The molecule has 14 aromatic carbocycles. The van der Waals surface area contributed by atoms with Crippen LogP contribution < -0.4 is 5.19 Å². The Bertz CT molecular complexity index is 4300. The van der Waals surface area contributed by atoms with Gasteiger partial charge < -0.3 is 0 Å². The Morgan fingerprint density at radius 3 is 0.730 bits per heavy atom. The molecule has 0 fully saturated rings. The smallest absolute Gasteiger partial charge is 0.0656 e. The van der Waals surface area contributed by atoms with E-state index < -0.39 is 8.07 Å². The number of fused-ring (bicyclic) bond motifs is 3. The molecule has 0 atom stereocenters. The molecule has 0 aliphatic heterocycles. The molecule has 14 aromatic rings. The quantitative estimate of drug-likeness (QED) is 0.105. The predicted molar refractivity (Wildman–Crippen MR) is 324 cm³/mol. The van der Waals surface area contributed by atoms with E-state index in [1.165, 1.54) is 148 Å². The molecule has 0 aliphatic carbocycles. The first kappa shape index (κ1) is 43.9. The van der Waals surface area contributed by atoms with E-state index >= 15 is 0 Å². The molecule has 0 radical (unpaired) electrons. The van der Waals surface area contributed by atoms with Gasteiger partial charge in [-0.25, -0.2) is 0 Å². The zero-order valence-electron chi connectivity index (χ0n) is 41.8. The van der Waals surface area contributed by atoms with Gasteiger partial charge in [0.1, 0.15) is 0 Å². The summed E-state index contributed by atoms with van der Waals surface area (Å²) < 4.78 is 0. The fraction of sp³-hybridized carbons (Fsp3) is 0.0411. The van der Waals surface area contributed by atoms with Gasteiger partial charge >= 0.3 is 0 Å². The van der Waals surface area contributed by atoms with Gasteiger partial charge in [-0.1, -0.05) is 274 Å². The van der Waals surface area contributed by atoms with E-state index in [2.05, 4.69) is 280 Å². The third kappa shape index (κ3) is 7.34. The van der Waals surface area contributed by atoms with Crippen molar-refractivity contribution in [3.05, 3.63) is 261 Å². The Morgan fingerprint density at radius 1 is 0.203 bits per heavy atom. The normalized spacial score (nSPS) is 12.0. The Balaban J connectivity index is 1.01. The molecule has 0 N–H and O–H groups in total. The second-order valence-corrected chi connectivity index (χ2v) is 26.2. The maximum atomic E-state index is 2.47. The van der Waals surface area contributed by atoms with Crippen molar-refractivity contribution in [1.82, 2.24) is 0 Å². The summed E-state index contributed by atoms with van der Waals surface area (Å²) >= 11 is 0. The molecule has 0 amide bonds. The van der Waals surface area contributed by atoms with E-state index in [4.69, 9.17) is 0 Å². The van der Waals surface area contributed by atoms with Crippen LogP contribution in [0.4, 0.5) is 0 Å². The lowest BCUT2D eigenvalue weighted by Crippen LogP contribution is -2.37. The van der Waals surface area contributed by atoms with E-state index in [-0.39, 0.29) is 0 Å². The summed E-state index contributed by atoms with van der Waals surface area (Å²) in [5.74, 6) is 0. The van der Waals surface area contributed by atoms with Crippen molar-refractivity contribution in [2.75, 3.05) is 0 Å². The molecular weight excluding hydrogens is 905 g/mol. The van der Waals surface area contributed by atoms with E-state index in [0.29, 0.717) is 0 Å². The van der Waals surface area contributed by atoms with Crippen LogP contribution in [0.25, 0.3) is 143 Å². The highest BCUT2D eigenvalue weighted by molar-refractivity contribution is 6.88. The van der Waals surface area contributed by atoms with Crippen LogP contribution in [0.1, 0.15) is 0 Å². The molecule has 0 nitrogen and oxygen atoms in total. The molecule has 0 unspecified atom stereocenters. The summed E-state index contributed by atoms with van der Waals surface area (Å²) in [5, 5.41) is 16.7. The predicted octanol–water partition coefficient (Wildman–Crippen LogP) is 20.3. The van der Waals surface area contributed by atoms with Crippen LogP contribution in [0.2, 0.25) is 19.6 Å². The topological polar surface area (TPSA) is 0 Å². The van der Waals surface area contributed by atoms with Crippen LogP contribution >= 0.6 is 0 Å². The van der Waals surface area contributed by atoms with Gasteiger partial charge in [0, 0.05) is 0 Å². The maximum absolute atomic E-state index is 2.47. The first-order valence-corrected chi connectivity index (χ1v) is 29.5. The highest BCUT2D eigenvalue weighted by atomic mass is 28.3. The van der Waals surface area contributed by atoms with Gasteiger partial charge in [-0.3, -0.25) is 0 Å². The minimum atomic E-state index is -1.53. The molecule has 0 aromatic heterocycles. The van der Waals surface area contributed by atoms with Crippen molar-refractivity contribution in [1.29, 1.82) is 0 Å². The SMILES string of the molecule is C[Si](C)(C)c1ccc(-c2cc(-c3ccc(-c4cccc5ccccc45)cc3)c3ccc4c(-c5ccc(-c6cccc7ccccc67)cc5)cc(-c5ccc(-c6cccc7ccccc67)cc5)c5ccc2c3c45)cc1. The molecule has 0 heterocycles. The molecule has 74 heavy (non-hydrogen) atoms. The minimum absolute atomic E-state index is 1.20. The van der Waals surface area contributed by atoms with Gasteiger partial charge in [0.2, 0.25) is 0 Å². The van der Waals surface area contributed by atoms with Crippen LogP contribution in [0.3, 0.4) is 0 Å². The molecule has 348 valence electrons. The Labute approximate surface area is 433 Å². The minimum Gasteiger partial charge on any atom is -0.0656 e. The second kappa shape index (κ2) is 17.4. The van der Waals surface area contributed by atoms with E-state index in [0.717, 1.165) is 0 Å². The number of benzene rings is 14. The van der Waals surface area contributed by atoms with Crippen molar-refractivity contribution in [2.45, 2.75) is 19.6 Å². The van der Waals surface area contributed by atoms with Gasteiger partial charge in [0.15, 0.2) is 0 Å². The molecule has 0 bridgehead atoms. The van der Waals surface area contributed by atoms with Crippen LogP contribution in [-0.4, -0.2) is 8.07 Å². The second-order valence-electron chi connectivity index (χ2n) is 21.2.